The predicted molar refractivity (Wildman–Crippen MR) is 86.3 cm³/mol. The van der Waals surface area contributed by atoms with Crippen molar-refractivity contribution in [1.29, 1.82) is 0 Å². The maximum absolute atomic E-state index is 13.5. The topological polar surface area (TPSA) is 83.9 Å². The molecule has 0 aliphatic carbocycles. The molecule has 0 aromatic heterocycles. The van der Waals surface area contributed by atoms with Crippen molar-refractivity contribution >= 4 is 21.7 Å². The highest BCUT2D eigenvalue weighted by Crippen LogP contribution is 2.28. The van der Waals surface area contributed by atoms with Crippen molar-refractivity contribution in [3.63, 3.8) is 0 Å². The quantitative estimate of drug-likeness (QED) is 0.844. The Balaban J connectivity index is 2.57. The molecule has 6 nitrogen and oxygen atoms in total. The zero-order chi connectivity index (χ0) is 18.8. The molecular formula is C16H15F2NO5S. The van der Waals surface area contributed by atoms with Crippen molar-refractivity contribution in [1.82, 2.24) is 0 Å². The smallest absolute Gasteiger partial charge is 0.324 e. The lowest BCUT2D eigenvalue weighted by Gasteiger charge is -2.23. The molecular weight excluding hydrogens is 356 g/mol. The molecule has 0 aliphatic heterocycles. The van der Waals surface area contributed by atoms with Gasteiger partial charge in [0.05, 0.1) is 17.7 Å². The number of carboxylic acids is 1. The SMILES string of the molecule is COc1ccc(S(=O)(=O)N(CC(=O)O)c2ccc(F)c(F)c2)cc1C. The summed E-state index contributed by atoms with van der Waals surface area (Å²) < 4.78 is 57.8. The summed E-state index contributed by atoms with van der Waals surface area (Å²) >= 11 is 0. The molecule has 2 rings (SSSR count). The number of carboxylic acid groups (broad SMARTS) is 1. The molecule has 0 radical (unpaired) electrons. The van der Waals surface area contributed by atoms with E-state index in [1.54, 1.807) is 6.92 Å². The van der Waals surface area contributed by atoms with Crippen LogP contribution >= 0.6 is 0 Å². The van der Waals surface area contributed by atoms with Gasteiger partial charge in [-0.05, 0) is 42.8 Å². The third kappa shape index (κ3) is 3.87. The van der Waals surface area contributed by atoms with Crippen molar-refractivity contribution in [2.45, 2.75) is 11.8 Å². The summed E-state index contributed by atoms with van der Waals surface area (Å²) in [5, 5.41) is 9.02. The zero-order valence-corrected chi connectivity index (χ0v) is 14.2. The predicted octanol–water partition coefficient (Wildman–Crippen LogP) is 2.56. The lowest BCUT2D eigenvalue weighted by molar-refractivity contribution is -0.135. The molecule has 0 fully saturated rings. The maximum atomic E-state index is 13.5. The van der Waals surface area contributed by atoms with Crippen LogP contribution in [0.3, 0.4) is 0 Å². The van der Waals surface area contributed by atoms with E-state index in [0.29, 0.717) is 21.7 Å². The fraction of sp³-hybridized carbons (Fsp3) is 0.188. The van der Waals surface area contributed by atoms with E-state index in [2.05, 4.69) is 0 Å². The zero-order valence-electron chi connectivity index (χ0n) is 13.4. The number of rotatable bonds is 6. The molecule has 134 valence electrons. The highest BCUT2D eigenvalue weighted by Gasteiger charge is 2.28. The molecule has 0 saturated heterocycles. The number of hydrogen-bond donors (Lipinski definition) is 1. The maximum Gasteiger partial charge on any atom is 0.324 e. The van der Waals surface area contributed by atoms with Crippen molar-refractivity contribution in [3.8, 4) is 5.75 Å². The van der Waals surface area contributed by atoms with Gasteiger partial charge in [0.2, 0.25) is 0 Å². The molecule has 0 bridgehead atoms. The highest BCUT2D eigenvalue weighted by atomic mass is 32.2. The first-order valence-electron chi connectivity index (χ1n) is 7.01. The van der Waals surface area contributed by atoms with Gasteiger partial charge < -0.3 is 9.84 Å². The fourth-order valence-electron chi connectivity index (χ4n) is 2.22. The van der Waals surface area contributed by atoms with Crippen molar-refractivity contribution in [2.75, 3.05) is 18.0 Å². The number of sulfonamides is 1. The lowest BCUT2D eigenvalue weighted by Crippen LogP contribution is -2.35. The van der Waals surface area contributed by atoms with Gasteiger partial charge in [-0.1, -0.05) is 0 Å². The Hall–Kier alpha value is -2.68. The number of methoxy groups -OCH3 is 1. The van der Waals surface area contributed by atoms with E-state index in [9.17, 15) is 22.0 Å². The standard InChI is InChI=1S/C16H15F2NO5S/c1-10-7-12(4-6-15(10)24-2)25(22,23)19(9-16(20)21)11-3-5-13(17)14(18)8-11/h3-8H,9H2,1-2H3,(H,20,21). The van der Waals surface area contributed by atoms with E-state index in [-0.39, 0.29) is 10.6 Å². The van der Waals surface area contributed by atoms with E-state index in [1.165, 1.54) is 25.3 Å². The Morgan fingerprint density at radius 1 is 1.16 bits per heavy atom. The monoisotopic (exact) mass is 371 g/mol. The summed E-state index contributed by atoms with van der Waals surface area (Å²) in [6.45, 7) is 0.676. The summed E-state index contributed by atoms with van der Waals surface area (Å²) in [5.41, 5.74) is 0.221. The first-order chi connectivity index (χ1) is 11.7. The average molecular weight is 371 g/mol. The molecule has 0 unspecified atom stereocenters. The first-order valence-corrected chi connectivity index (χ1v) is 8.45. The van der Waals surface area contributed by atoms with Crippen LogP contribution in [0.25, 0.3) is 0 Å². The van der Waals surface area contributed by atoms with Crippen LogP contribution in [0.1, 0.15) is 5.56 Å². The average Bonchev–Trinajstić information content (AvgIpc) is 2.55. The molecule has 25 heavy (non-hydrogen) atoms. The summed E-state index contributed by atoms with van der Waals surface area (Å²) in [6.07, 6.45) is 0. The van der Waals surface area contributed by atoms with E-state index < -0.39 is 34.2 Å². The second kappa shape index (κ2) is 7.06. The molecule has 9 heteroatoms. The molecule has 0 spiro atoms. The third-order valence-electron chi connectivity index (χ3n) is 3.42. The van der Waals surface area contributed by atoms with Gasteiger partial charge in [0.15, 0.2) is 11.6 Å². The van der Waals surface area contributed by atoms with Gasteiger partial charge in [-0.3, -0.25) is 9.10 Å². The molecule has 0 heterocycles. The van der Waals surface area contributed by atoms with Gasteiger partial charge in [0.25, 0.3) is 10.0 Å². The molecule has 0 saturated carbocycles. The number of ether oxygens (including phenoxy) is 1. The number of halogens is 2. The summed E-state index contributed by atoms with van der Waals surface area (Å²) in [6, 6.07) is 6.33. The lowest BCUT2D eigenvalue weighted by atomic mass is 10.2. The third-order valence-corrected chi connectivity index (χ3v) is 5.19. The van der Waals surface area contributed by atoms with E-state index >= 15 is 0 Å². The number of nitrogens with zero attached hydrogens (tertiary/aromatic N) is 1. The summed E-state index contributed by atoms with van der Waals surface area (Å²) in [5.74, 6) is -3.44. The van der Waals surface area contributed by atoms with Crippen LogP contribution < -0.4 is 9.04 Å². The number of aryl methyl sites for hydroxylation is 1. The van der Waals surface area contributed by atoms with Crippen molar-refractivity contribution < 1.29 is 31.8 Å². The largest absolute Gasteiger partial charge is 0.496 e. The highest BCUT2D eigenvalue weighted by molar-refractivity contribution is 7.92. The van der Waals surface area contributed by atoms with Crippen molar-refractivity contribution in [2.24, 2.45) is 0 Å². The Bertz CT molecular complexity index is 915. The van der Waals surface area contributed by atoms with E-state index in [0.717, 1.165) is 12.1 Å². The van der Waals surface area contributed by atoms with Gasteiger partial charge in [-0.15, -0.1) is 0 Å². The van der Waals surface area contributed by atoms with Crippen LogP contribution in [0.2, 0.25) is 0 Å². The second-order valence-corrected chi connectivity index (χ2v) is 7.00. The van der Waals surface area contributed by atoms with Crippen molar-refractivity contribution in [3.05, 3.63) is 53.6 Å². The minimum atomic E-state index is -4.32. The minimum Gasteiger partial charge on any atom is -0.496 e. The number of hydrogen-bond acceptors (Lipinski definition) is 4. The van der Waals surface area contributed by atoms with Gasteiger partial charge in [0.1, 0.15) is 12.3 Å². The summed E-state index contributed by atoms with van der Waals surface area (Å²) in [7, 11) is -2.89. The van der Waals surface area contributed by atoms with Crippen LogP contribution in [0.4, 0.5) is 14.5 Å². The van der Waals surface area contributed by atoms with Gasteiger partial charge in [-0.2, -0.15) is 0 Å². The van der Waals surface area contributed by atoms with Crippen LogP contribution in [0.15, 0.2) is 41.3 Å². The molecule has 1 N–H and O–H groups in total. The Labute approximate surface area is 143 Å². The van der Waals surface area contributed by atoms with Crippen LogP contribution in [-0.4, -0.2) is 33.1 Å². The van der Waals surface area contributed by atoms with Gasteiger partial charge >= 0.3 is 5.97 Å². The normalized spacial score (nSPS) is 11.2. The van der Waals surface area contributed by atoms with E-state index in [1.807, 2.05) is 0 Å². The Morgan fingerprint density at radius 3 is 2.36 bits per heavy atom. The number of benzene rings is 2. The van der Waals surface area contributed by atoms with Crippen LogP contribution in [0, 0.1) is 18.6 Å². The Kier molecular flexibility index (Phi) is 5.27. The van der Waals surface area contributed by atoms with Gasteiger partial charge in [-0.25, -0.2) is 17.2 Å². The first kappa shape index (κ1) is 18.7. The number of anilines is 1. The summed E-state index contributed by atoms with van der Waals surface area (Å²) in [4.78, 5) is 10.9. The minimum absolute atomic E-state index is 0.197. The number of aliphatic carboxylic acids is 1. The molecule has 2 aromatic rings. The number of carbonyl (C=O) groups is 1. The molecule has 2 aromatic carbocycles. The van der Waals surface area contributed by atoms with Gasteiger partial charge in [0, 0.05) is 6.07 Å². The fourth-order valence-corrected chi connectivity index (χ4v) is 3.71. The Morgan fingerprint density at radius 2 is 1.84 bits per heavy atom. The molecule has 0 atom stereocenters. The van der Waals surface area contributed by atoms with E-state index in [4.69, 9.17) is 9.84 Å². The van der Waals surface area contributed by atoms with Crippen LogP contribution in [0.5, 0.6) is 5.75 Å². The van der Waals surface area contributed by atoms with Crippen LogP contribution in [-0.2, 0) is 14.8 Å². The molecule has 0 amide bonds. The molecule has 0 aliphatic rings. The second-order valence-electron chi connectivity index (χ2n) is 5.14.